The number of carbonyl (C=O) groups excluding carboxylic acids is 1. The molecule has 0 saturated heterocycles. The average Bonchev–Trinajstić information content (AvgIpc) is 2.83. The second-order valence-corrected chi connectivity index (χ2v) is 6.61. The number of rotatable bonds is 2. The number of nitrogens with one attached hydrogen (secondary N) is 1. The van der Waals surface area contributed by atoms with Crippen LogP contribution in [0.2, 0.25) is 0 Å². The number of hydrogen-bond acceptors (Lipinski definition) is 3. The highest BCUT2D eigenvalue weighted by molar-refractivity contribution is 9.10. The van der Waals surface area contributed by atoms with E-state index in [1.54, 1.807) is 0 Å². The molecule has 1 aromatic carbocycles. The first-order valence-electron chi connectivity index (χ1n) is 6.38. The summed E-state index contributed by atoms with van der Waals surface area (Å²) >= 11 is 4.77. The molecule has 0 spiro atoms. The Balaban J connectivity index is 1.82. The summed E-state index contributed by atoms with van der Waals surface area (Å²) in [4.78, 5) is 17.9. The standard InChI is InChI=1S/C14H12BrFN2OS/c15-10-6-5-8(16)7-9(10)13(19)18-14-17-11-3-1-2-4-12(11)20-14/h5-7H,1-4H2,(H,17,18,19). The molecule has 1 amide bonds. The molecule has 0 fully saturated rings. The van der Waals surface area contributed by atoms with Gasteiger partial charge in [0.1, 0.15) is 5.82 Å². The van der Waals surface area contributed by atoms with Crippen LogP contribution in [-0.4, -0.2) is 10.9 Å². The first-order chi connectivity index (χ1) is 9.63. The van der Waals surface area contributed by atoms with E-state index >= 15 is 0 Å². The van der Waals surface area contributed by atoms with E-state index in [2.05, 4.69) is 26.2 Å². The Hall–Kier alpha value is -1.27. The molecule has 1 aromatic heterocycles. The molecule has 0 radical (unpaired) electrons. The number of aryl methyl sites for hydroxylation is 2. The van der Waals surface area contributed by atoms with Gasteiger partial charge < -0.3 is 0 Å². The summed E-state index contributed by atoms with van der Waals surface area (Å²) in [5, 5.41) is 3.35. The van der Waals surface area contributed by atoms with E-state index in [4.69, 9.17) is 0 Å². The highest BCUT2D eigenvalue weighted by Crippen LogP contribution is 2.30. The third kappa shape index (κ3) is 2.76. The van der Waals surface area contributed by atoms with E-state index in [0.717, 1.165) is 25.0 Å². The second-order valence-electron chi connectivity index (χ2n) is 4.67. The Labute approximate surface area is 128 Å². The van der Waals surface area contributed by atoms with Gasteiger partial charge in [-0.3, -0.25) is 10.1 Å². The molecule has 20 heavy (non-hydrogen) atoms. The highest BCUT2D eigenvalue weighted by atomic mass is 79.9. The van der Waals surface area contributed by atoms with E-state index in [0.29, 0.717) is 9.60 Å². The second kappa shape index (κ2) is 5.61. The zero-order valence-corrected chi connectivity index (χ0v) is 13.0. The summed E-state index contributed by atoms with van der Waals surface area (Å²) in [5.41, 5.74) is 1.37. The third-order valence-electron chi connectivity index (χ3n) is 3.24. The van der Waals surface area contributed by atoms with Crippen molar-refractivity contribution in [3.05, 3.63) is 44.6 Å². The lowest BCUT2D eigenvalue weighted by Gasteiger charge is -2.06. The molecule has 3 nitrogen and oxygen atoms in total. The number of hydrogen-bond donors (Lipinski definition) is 1. The zero-order valence-electron chi connectivity index (χ0n) is 10.6. The fourth-order valence-electron chi connectivity index (χ4n) is 2.24. The predicted molar refractivity (Wildman–Crippen MR) is 80.8 cm³/mol. The van der Waals surface area contributed by atoms with Gasteiger partial charge in [-0.1, -0.05) is 0 Å². The lowest BCUT2D eigenvalue weighted by molar-refractivity contribution is 0.102. The van der Waals surface area contributed by atoms with Gasteiger partial charge in [-0.05, 0) is 59.8 Å². The molecule has 1 N–H and O–H groups in total. The molecule has 3 rings (SSSR count). The van der Waals surface area contributed by atoms with Gasteiger partial charge in [0.05, 0.1) is 11.3 Å². The number of thiazole rings is 1. The first kappa shape index (κ1) is 13.7. The molecular weight excluding hydrogens is 343 g/mol. The van der Waals surface area contributed by atoms with Gasteiger partial charge in [0, 0.05) is 9.35 Å². The van der Waals surface area contributed by atoms with Crippen molar-refractivity contribution in [1.82, 2.24) is 4.98 Å². The van der Waals surface area contributed by atoms with E-state index in [9.17, 15) is 9.18 Å². The molecule has 1 aliphatic carbocycles. The number of carbonyl (C=O) groups is 1. The van der Waals surface area contributed by atoms with Crippen molar-refractivity contribution in [2.24, 2.45) is 0 Å². The number of fused-ring (bicyclic) bond motifs is 1. The van der Waals surface area contributed by atoms with Crippen LogP contribution in [0.4, 0.5) is 9.52 Å². The summed E-state index contributed by atoms with van der Waals surface area (Å²) in [5.74, 6) is -0.778. The zero-order chi connectivity index (χ0) is 14.1. The lowest BCUT2D eigenvalue weighted by atomic mass is 10.0. The minimum absolute atomic E-state index is 0.276. The van der Waals surface area contributed by atoms with E-state index < -0.39 is 5.82 Å². The number of nitrogens with zero attached hydrogens (tertiary/aromatic N) is 1. The van der Waals surface area contributed by atoms with Crippen LogP contribution in [0.1, 0.15) is 33.8 Å². The number of halogens is 2. The molecule has 0 aliphatic heterocycles. The number of benzene rings is 1. The number of aromatic nitrogens is 1. The van der Waals surface area contributed by atoms with Gasteiger partial charge in [-0.2, -0.15) is 0 Å². The summed E-state index contributed by atoms with van der Waals surface area (Å²) < 4.78 is 13.8. The van der Waals surface area contributed by atoms with Gasteiger partial charge in [0.15, 0.2) is 5.13 Å². The third-order valence-corrected chi connectivity index (χ3v) is 5.00. The molecular formula is C14H12BrFN2OS. The summed E-state index contributed by atoms with van der Waals surface area (Å²) in [7, 11) is 0. The predicted octanol–water partition coefficient (Wildman–Crippen LogP) is 4.18. The fraction of sp³-hybridized carbons (Fsp3) is 0.286. The van der Waals surface area contributed by atoms with Crippen LogP contribution < -0.4 is 5.32 Å². The molecule has 2 aromatic rings. The Kier molecular flexibility index (Phi) is 3.85. The fourth-order valence-corrected chi connectivity index (χ4v) is 3.71. The summed E-state index contributed by atoms with van der Waals surface area (Å²) in [6.07, 6.45) is 4.34. The van der Waals surface area contributed by atoms with E-state index in [1.807, 2.05) is 0 Å². The van der Waals surface area contributed by atoms with Crippen LogP contribution >= 0.6 is 27.3 Å². The van der Waals surface area contributed by atoms with Gasteiger partial charge in [0.2, 0.25) is 0 Å². The lowest BCUT2D eigenvalue weighted by Crippen LogP contribution is -2.12. The van der Waals surface area contributed by atoms with Crippen molar-refractivity contribution in [3.63, 3.8) is 0 Å². The number of anilines is 1. The van der Waals surface area contributed by atoms with Crippen molar-refractivity contribution < 1.29 is 9.18 Å². The molecule has 1 heterocycles. The average molecular weight is 355 g/mol. The Morgan fingerprint density at radius 3 is 2.95 bits per heavy atom. The molecule has 0 saturated carbocycles. The Morgan fingerprint density at radius 2 is 2.15 bits per heavy atom. The monoisotopic (exact) mass is 354 g/mol. The van der Waals surface area contributed by atoms with Gasteiger partial charge in [-0.25, -0.2) is 9.37 Å². The van der Waals surface area contributed by atoms with Crippen molar-refractivity contribution in [1.29, 1.82) is 0 Å². The van der Waals surface area contributed by atoms with Crippen LogP contribution in [0.15, 0.2) is 22.7 Å². The van der Waals surface area contributed by atoms with Crippen molar-refractivity contribution >= 4 is 38.3 Å². The molecule has 0 unspecified atom stereocenters. The Morgan fingerprint density at radius 1 is 1.35 bits per heavy atom. The van der Waals surface area contributed by atoms with Gasteiger partial charge >= 0.3 is 0 Å². The maximum atomic E-state index is 13.2. The van der Waals surface area contributed by atoms with E-state index in [1.165, 1.54) is 40.8 Å². The Bertz CT molecular complexity index is 648. The topological polar surface area (TPSA) is 42.0 Å². The minimum atomic E-state index is -0.434. The first-order valence-corrected chi connectivity index (χ1v) is 7.99. The van der Waals surface area contributed by atoms with Crippen molar-refractivity contribution in [2.75, 3.05) is 5.32 Å². The largest absolute Gasteiger partial charge is 0.298 e. The maximum absolute atomic E-state index is 13.2. The molecule has 1 aliphatic rings. The molecule has 104 valence electrons. The SMILES string of the molecule is O=C(Nc1nc2c(s1)CCCC2)c1cc(F)ccc1Br. The van der Waals surface area contributed by atoms with Gasteiger partial charge in [-0.15, -0.1) is 11.3 Å². The number of amides is 1. The van der Waals surface area contributed by atoms with Gasteiger partial charge in [0.25, 0.3) is 5.91 Å². The van der Waals surface area contributed by atoms with Crippen LogP contribution in [-0.2, 0) is 12.8 Å². The smallest absolute Gasteiger partial charge is 0.258 e. The highest BCUT2D eigenvalue weighted by Gasteiger charge is 2.18. The van der Waals surface area contributed by atoms with E-state index in [-0.39, 0.29) is 11.5 Å². The minimum Gasteiger partial charge on any atom is -0.298 e. The van der Waals surface area contributed by atoms with Crippen LogP contribution in [0.25, 0.3) is 0 Å². The van der Waals surface area contributed by atoms with Crippen LogP contribution in [0.5, 0.6) is 0 Å². The maximum Gasteiger partial charge on any atom is 0.258 e. The van der Waals surface area contributed by atoms with Crippen molar-refractivity contribution in [2.45, 2.75) is 25.7 Å². The molecule has 0 atom stereocenters. The molecule has 0 bridgehead atoms. The van der Waals surface area contributed by atoms with Crippen LogP contribution in [0, 0.1) is 5.82 Å². The quantitative estimate of drug-likeness (QED) is 0.878. The normalized spacial score (nSPS) is 13.9. The summed E-state index contributed by atoms with van der Waals surface area (Å²) in [6.45, 7) is 0. The summed E-state index contributed by atoms with van der Waals surface area (Å²) in [6, 6.07) is 4.05. The molecule has 6 heteroatoms. The van der Waals surface area contributed by atoms with Crippen molar-refractivity contribution in [3.8, 4) is 0 Å². The van der Waals surface area contributed by atoms with Crippen LogP contribution in [0.3, 0.4) is 0 Å².